The van der Waals surface area contributed by atoms with Gasteiger partial charge in [-0.3, -0.25) is 0 Å². The van der Waals surface area contributed by atoms with Gasteiger partial charge in [-0.2, -0.15) is 0 Å². The van der Waals surface area contributed by atoms with Crippen LogP contribution >= 0.6 is 0 Å². The number of allylic oxidation sites excluding steroid dienone is 2. The first-order valence-corrected chi connectivity index (χ1v) is 5.80. The van der Waals surface area contributed by atoms with E-state index in [1.54, 1.807) is 0 Å². The van der Waals surface area contributed by atoms with Gasteiger partial charge in [0, 0.05) is 0 Å². The molecule has 0 nitrogen and oxygen atoms in total. The topological polar surface area (TPSA) is 0 Å². The summed E-state index contributed by atoms with van der Waals surface area (Å²) in [5.41, 5.74) is 4.14. The minimum Gasteiger partial charge on any atom is -0.0884 e. The maximum absolute atomic E-state index is 2.29. The van der Waals surface area contributed by atoms with Crippen LogP contribution in [0, 0.1) is 6.92 Å². The number of fused-ring (bicyclic) bond motifs is 1. The molecule has 0 spiro atoms. The molecule has 0 aliphatic heterocycles. The maximum atomic E-state index is 2.29. The average molecular weight is 210 g/mol. The van der Waals surface area contributed by atoms with Gasteiger partial charge in [-0.15, -0.1) is 0 Å². The highest BCUT2D eigenvalue weighted by atomic mass is 14.0. The van der Waals surface area contributed by atoms with E-state index in [1.165, 1.54) is 27.5 Å². The average Bonchev–Trinajstić information content (AvgIpc) is 2.29. The summed E-state index contributed by atoms with van der Waals surface area (Å²) in [6, 6.07) is 13.4. The van der Waals surface area contributed by atoms with Crippen LogP contribution in [0.1, 0.15) is 25.0 Å². The predicted molar refractivity (Wildman–Crippen MR) is 71.8 cm³/mol. The second-order valence-corrected chi connectivity index (χ2v) is 4.50. The molecule has 0 unspecified atom stereocenters. The monoisotopic (exact) mass is 210 g/mol. The lowest BCUT2D eigenvalue weighted by molar-refractivity contribution is 1.14. The molecule has 0 heterocycles. The summed E-state index contributed by atoms with van der Waals surface area (Å²) >= 11 is 0. The third kappa shape index (κ3) is 2.33. The first-order chi connectivity index (χ1) is 7.69. The summed E-state index contributed by atoms with van der Waals surface area (Å²) in [5.74, 6) is 0. The van der Waals surface area contributed by atoms with Crippen molar-refractivity contribution < 1.29 is 0 Å². The van der Waals surface area contributed by atoms with Gasteiger partial charge in [-0.05, 0) is 43.5 Å². The smallest absolute Gasteiger partial charge is 0.00698 e. The molecule has 2 aromatic rings. The van der Waals surface area contributed by atoms with Crippen LogP contribution in [0.25, 0.3) is 10.8 Å². The maximum Gasteiger partial charge on any atom is -0.00698 e. The van der Waals surface area contributed by atoms with Gasteiger partial charge in [0.15, 0.2) is 0 Å². The highest BCUT2D eigenvalue weighted by Gasteiger charge is 1.98. The van der Waals surface area contributed by atoms with E-state index in [9.17, 15) is 0 Å². The van der Waals surface area contributed by atoms with Crippen LogP contribution in [-0.2, 0) is 6.42 Å². The summed E-state index contributed by atoms with van der Waals surface area (Å²) in [6.07, 6.45) is 3.24. The van der Waals surface area contributed by atoms with Crippen LogP contribution in [0.2, 0.25) is 0 Å². The number of aryl methyl sites for hydroxylation is 1. The fourth-order valence-electron chi connectivity index (χ4n) is 1.95. The fraction of sp³-hybridized carbons (Fsp3) is 0.250. The lowest BCUT2D eigenvalue weighted by Crippen LogP contribution is -1.86. The summed E-state index contributed by atoms with van der Waals surface area (Å²) in [5, 5.41) is 2.67. The Kier molecular flexibility index (Phi) is 3.09. The van der Waals surface area contributed by atoms with Gasteiger partial charge in [0.25, 0.3) is 0 Å². The van der Waals surface area contributed by atoms with Gasteiger partial charge in [0.05, 0.1) is 0 Å². The van der Waals surface area contributed by atoms with Gasteiger partial charge in [0.2, 0.25) is 0 Å². The van der Waals surface area contributed by atoms with E-state index in [1.807, 2.05) is 0 Å². The summed E-state index contributed by atoms with van der Waals surface area (Å²) < 4.78 is 0. The van der Waals surface area contributed by atoms with Crippen LogP contribution < -0.4 is 0 Å². The number of hydrogen-bond donors (Lipinski definition) is 0. The molecule has 0 N–H and O–H groups in total. The van der Waals surface area contributed by atoms with Gasteiger partial charge >= 0.3 is 0 Å². The molecule has 2 aromatic carbocycles. The molecular weight excluding hydrogens is 192 g/mol. The van der Waals surface area contributed by atoms with Crippen molar-refractivity contribution in [3.8, 4) is 0 Å². The van der Waals surface area contributed by atoms with E-state index >= 15 is 0 Å². The van der Waals surface area contributed by atoms with Crippen molar-refractivity contribution in [3.63, 3.8) is 0 Å². The molecule has 0 aliphatic carbocycles. The van der Waals surface area contributed by atoms with E-state index in [-0.39, 0.29) is 0 Å². The zero-order chi connectivity index (χ0) is 11.5. The second kappa shape index (κ2) is 4.52. The molecule has 0 saturated heterocycles. The highest BCUT2D eigenvalue weighted by molar-refractivity contribution is 5.83. The lowest BCUT2D eigenvalue weighted by atomic mass is 10.0. The minimum absolute atomic E-state index is 1.06. The Morgan fingerprint density at radius 2 is 1.75 bits per heavy atom. The Morgan fingerprint density at radius 3 is 2.50 bits per heavy atom. The molecule has 16 heavy (non-hydrogen) atoms. The van der Waals surface area contributed by atoms with Gasteiger partial charge in [-0.1, -0.05) is 53.6 Å². The van der Waals surface area contributed by atoms with Crippen LogP contribution in [0.3, 0.4) is 0 Å². The molecular formula is C16H18. The van der Waals surface area contributed by atoms with Crippen LogP contribution in [0.5, 0.6) is 0 Å². The van der Waals surface area contributed by atoms with E-state index in [4.69, 9.17) is 0 Å². The molecule has 82 valence electrons. The fourth-order valence-corrected chi connectivity index (χ4v) is 1.95. The molecule has 0 fully saturated rings. The van der Waals surface area contributed by atoms with Crippen LogP contribution in [0.4, 0.5) is 0 Å². The SMILES string of the molecule is CC=C(C)Cc1ccc2cc(C)ccc2c1. The third-order valence-electron chi connectivity index (χ3n) is 3.04. The van der Waals surface area contributed by atoms with Gasteiger partial charge in [0.1, 0.15) is 0 Å². The lowest BCUT2D eigenvalue weighted by Gasteiger charge is -2.05. The molecule has 0 saturated carbocycles. The van der Waals surface area contributed by atoms with E-state index in [2.05, 4.69) is 63.2 Å². The van der Waals surface area contributed by atoms with Crippen molar-refractivity contribution in [1.82, 2.24) is 0 Å². The Balaban J connectivity index is 2.41. The van der Waals surface area contributed by atoms with Crippen molar-refractivity contribution in [2.45, 2.75) is 27.2 Å². The minimum atomic E-state index is 1.06. The Hall–Kier alpha value is -1.56. The largest absolute Gasteiger partial charge is 0.0884 e. The third-order valence-corrected chi connectivity index (χ3v) is 3.04. The van der Waals surface area contributed by atoms with Crippen molar-refractivity contribution in [3.05, 3.63) is 59.2 Å². The van der Waals surface area contributed by atoms with Crippen molar-refractivity contribution in [1.29, 1.82) is 0 Å². The zero-order valence-corrected chi connectivity index (χ0v) is 10.2. The Labute approximate surface area is 97.6 Å². The molecule has 0 atom stereocenters. The van der Waals surface area contributed by atoms with Crippen molar-refractivity contribution in [2.24, 2.45) is 0 Å². The first kappa shape index (κ1) is 10.9. The van der Waals surface area contributed by atoms with Crippen LogP contribution in [-0.4, -0.2) is 0 Å². The molecule has 0 radical (unpaired) electrons. The number of hydrogen-bond acceptors (Lipinski definition) is 0. The summed E-state index contributed by atoms with van der Waals surface area (Å²) in [7, 11) is 0. The van der Waals surface area contributed by atoms with E-state index in [0.29, 0.717) is 0 Å². The standard InChI is InChI=1S/C16H18/c1-4-12(2)9-14-6-8-15-10-13(3)5-7-16(15)11-14/h4-8,10-11H,9H2,1-3H3. The number of rotatable bonds is 2. The molecule has 0 bridgehead atoms. The highest BCUT2D eigenvalue weighted by Crippen LogP contribution is 2.19. The second-order valence-electron chi connectivity index (χ2n) is 4.50. The molecule has 0 amide bonds. The number of benzene rings is 2. The molecule has 0 aliphatic rings. The Morgan fingerprint density at radius 1 is 1.06 bits per heavy atom. The molecule has 0 aromatic heterocycles. The Bertz CT molecular complexity index is 533. The van der Waals surface area contributed by atoms with E-state index < -0.39 is 0 Å². The quantitative estimate of drug-likeness (QED) is 0.632. The van der Waals surface area contributed by atoms with Crippen molar-refractivity contribution in [2.75, 3.05) is 0 Å². The molecule has 0 heteroatoms. The zero-order valence-electron chi connectivity index (χ0n) is 10.2. The summed E-state index contributed by atoms with van der Waals surface area (Å²) in [4.78, 5) is 0. The van der Waals surface area contributed by atoms with Crippen LogP contribution in [0.15, 0.2) is 48.0 Å². The van der Waals surface area contributed by atoms with Crippen molar-refractivity contribution >= 4 is 10.8 Å². The molecule has 2 rings (SSSR count). The first-order valence-electron chi connectivity index (χ1n) is 5.80. The normalized spacial score (nSPS) is 12.1. The van der Waals surface area contributed by atoms with E-state index in [0.717, 1.165) is 6.42 Å². The predicted octanol–water partition coefficient (Wildman–Crippen LogP) is 4.66. The summed E-state index contributed by atoms with van der Waals surface area (Å²) in [6.45, 7) is 6.41. The van der Waals surface area contributed by atoms with Gasteiger partial charge < -0.3 is 0 Å². The van der Waals surface area contributed by atoms with Gasteiger partial charge in [-0.25, -0.2) is 0 Å².